The molecule has 0 aliphatic heterocycles. The molecule has 0 unspecified atom stereocenters. The van der Waals surface area contributed by atoms with Crippen molar-refractivity contribution in [3.8, 4) is 17.2 Å². The van der Waals surface area contributed by atoms with Crippen LogP contribution < -0.4 is 19.6 Å². The number of carbonyl (C=O) groups is 1. The van der Waals surface area contributed by atoms with Gasteiger partial charge in [-0.25, -0.2) is 9.82 Å². The first-order chi connectivity index (χ1) is 15.6. The number of methoxy groups -OCH3 is 1. The molecule has 32 heavy (non-hydrogen) atoms. The van der Waals surface area contributed by atoms with E-state index in [0.717, 1.165) is 6.42 Å². The van der Waals surface area contributed by atoms with Gasteiger partial charge < -0.3 is 14.2 Å². The van der Waals surface area contributed by atoms with Gasteiger partial charge in [0.2, 0.25) is 0 Å². The lowest BCUT2D eigenvalue weighted by molar-refractivity contribution is 0.0954. The summed E-state index contributed by atoms with van der Waals surface area (Å²) in [6, 6.07) is 18.5. The maximum Gasteiger partial charge on any atom is 0.271 e. The van der Waals surface area contributed by atoms with Crippen LogP contribution in [0.25, 0.3) is 0 Å². The molecule has 3 rings (SSSR count). The molecule has 0 aliphatic rings. The summed E-state index contributed by atoms with van der Waals surface area (Å²) in [6.07, 6.45) is 2.34. The maximum atomic E-state index is 13.8. The molecule has 0 bridgehead atoms. The maximum absolute atomic E-state index is 13.8. The minimum absolute atomic E-state index is 0.0795. The zero-order chi connectivity index (χ0) is 22.8. The summed E-state index contributed by atoms with van der Waals surface area (Å²) >= 11 is 0. The fourth-order valence-electron chi connectivity index (χ4n) is 2.85. The Kier molecular flexibility index (Phi) is 8.20. The van der Waals surface area contributed by atoms with Crippen LogP contribution in [0.3, 0.4) is 0 Å². The molecule has 6 nitrogen and oxygen atoms in total. The Hall–Kier alpha value is -3.87. The molecule has 0 aromatic heterocycles. The molecule has 0 heterocycles. The third kappa shape index (κ3) is 6.07. The number of halogens is 1. The van der Waals surface area contributed by atoms with Gasteiger partial charge in [0.05, 0.1) is 19.9 Å². The highest BCUT2D eigenvalue weighted by atomic mass is 19.1. The summed E-state index contributed by atoms with van der Waals surface area (Å²) in [6.45, 7) is 2.65. The standard InChI is InChI=1S/C25H25FN2O4/c1-3-14-31-23-13-12-18(15-24(23)30-2)25(29)28-27-16-19-8-5-7-11-22(19)32-17-20-9-4-6-10-21(20)26/h4-13,15-16H,3,14,17H2,1-2H3,(H,28,29)/b27-16+. The smallest absolute Gasteiger partial charge is 0.271 e. The fraction of sp³-hybridized carbons (Fsp3) is 0.200. The average Bonchev–Trinajstić information content (AvgIpc) is 2.82. The van der Waals surface area contributed by atoms with Crippen molar-refractivity contribution in [1.29, 1.82) is 0 Å². The van der Waals surface area contributed by atoms with E-state index in [-0.39, 0.29) is 12.4 Å². The Morgan fingerprint density at radius 1 is 1.00 bits per heavy atom. The number of carbonyl (C=O) groups excluding carboxylic acids is 1. The quantitative estimate of drug-likeness (QED) is 0.360. The van der Waals surface area contributed by atoms with Crippen molar-refractivity contribution in [3.63, 3.8) is 0 Å². The summed E-state index contributed by atoms with van der Waals surface area (Å²) < 4.78 is 30.5. The molecular formula is C25H25FN2O4. The highest BCUT2D eigenvalue weighted by Crippen LogP contribution is 2.28. The molecule has 3 aromatic carbocycles. The van der Waals surface area contributed by atoms with E-state index in [2.05, 4.69) is 10.5 Å². The van der Waals surface area contributed by atoms with Gasteiger partial charge in [0.1, 0.15) is 18.2 Å². The van der Waals surface area contributed by atoms with E-state index in [1.807, 2.05) is 13.0 Å². The Bertz CT molecular complexity index is 1090. The molecule has 0 saturated heterocycles. The van der Waals surface area contributed by atoms with E-state index in [9.17, 15) is 9.18 Å². The van der Waals surface area contributed by atoms with Crippen molar-refractivity contribution >= 4 is 12.1 Å². The van der Waals surface area contributed by atoms with Crippen LogP contribution in [0.2, 0.25) is 0 Å². The van der Waals surface area contributed by atoms with Crippen LogP contribution in [0, 0.1) is 5.82 Å². The SMILES string of the molecule is CCCOc1ccc(C(=O)N/N=C/c2ccccc2OCc2ccccc2F)cc1OC. The Morgan fingerprint density at radius 2 is 1.78 bits per heavy atom. The normalized spacial score (nSPS) is 10.7. The number of amides is 1. The van der Waals surface area contributed by atoms with Crippen molar-refractivity contribution in [2.75, 3.05) is 13.7 Å². The Labute approximate surface area is 186 Å². The minimum Gasteiger partial charge on any atom is -0.493 e. The molecular weight excluding hydrogens is 411 g/mol. The number of nitrogens with zero attached hydrogens (tertiary/aromatic N) is 1. The molecule has 0 spiro atoms. The molecule has 0 atom stereocenters. The van der Waals surface area contributed by atoms with Crippen molar-refractivity contribution in [3.05, 3.63) is 89.2 Å². The van der Waals surface area contributed by atoms with Crippen LogP contribution in [-0.2, 0) is 6.61 Å². The average molecular weight is 436 g/mol. The number of hydrazone groups is 1. The van der Waals surface area contributed by atoms with Gasteiger partial charge in [0, 0.05) is 16.7 Å². The van der Waals surface area contributed by atoms with Crippen LogP contribution in [0.4, 0.5) is 4.39 Å². The number of rotatable bonds is 10. The van der Waals surface area contributed by atoms with Gasteiger partial charge >= 0.3 is 0 Å². The van der Waals surface area contributed by atoms with Crippen LogP contribution >= 0.6 is 0 Å². The van der Waals surface area contributed by atoms with Crippen molar-refractivity contribution < 1.29 is 23.4 Å². The fourth-order valence-corrected chi connectivity index (χ4v) is 2.85. The van der Waals surface area contributed by atoms with Crippen molar-refractivity contribution in [2.45, 2.75) is 20.0 Å². The third-order valence-corrected chi connectivity index (χ3v) is 4.52. The zero-order valence-electron chi connectivity index (χ0n) is 18.0. The van der Waals surface area contributed by atoms with Gasteiger partial charge in [-0.15, -0.1) is 0 Å². The lowest BCUT2D eigenvalue weighted by Gasteiger charge is -2.11. The second-order valence-electron chi connectivity index (χ2n) is 6.83. The summed E-state index contributed by atoms with van der Waals surface area (Å²) in [4.78, 5) is 12.5. The number of para-hydroxylation sites is 1. The van der Waals surface area contributed by atoms with Gasteiger partial charge in [-0.2, -0.15) is 5.10 Å². The number of ether oxygens (including phenoxy) is 3. The van der Waals surface area contributed by atoms with E-state index >= 15 is 0 Å². The van der Waals surface area contributed by atoms with E-state index < -0.39 is 5.91 Å². The Morgan fingerprint density at radius 3 is 2.56 bits per heavy atom. The van der Waals surface area contributed by atoms with Gasteiger partial charge in [0.25, 0.3) is 5.91 Å². The second-order valence-corrected chi connectivity index (χ2v) is 6.83. The summed E-state index contributed by atoms with van der Waals surface area (Å²) in [5.41, 5.74) is 3.97. The van der Waals surface area contributed by atoms with E-state index in [1.54, 1.807) is 54.6 Å². The molecule has 1 amide bonds. The third-order valence-electron chi connectivity index (χ3n) is 4.52. The van der Waals surface area contributed by atoms with Crippen LogP contribution in [0.5, 0.6) is 17.2 Å². The summed E-state index contributed by atoms with van der Waals surface area (Å²) in [5.74, 6) is 0.851. The first kappa shape index (κ1) is 22.8. The van der Waals surface area contributed by atoms with E-state index in [4.69, 9.17) is 14.2 Å². The van der Waals surface area contributed by atoms with Crippen LogP contribution in [0.15, 0.2) is 71.8 Å². The number of nitrogens with one attached hydrogen (secondary N) is 1. The van der Waals surface area contributed by atoms with E-state index in [1.165, 1.54) is 19.4 Å². The second kappa shape index (κ2) is 11.5. The van der Waals surface area contributed by atoms with Crippen molar-refractivity contribution in [1.82, 2.24) is 5.43 Å². The van der Waals surface area contributed by atoms with E-state index in [0.29, 0.717) is 40.5 Å². The number of hydrogen-bond acceptors (Lipinski definition) is 5. The molecule has 1 N–H and O–H groups in total. The zero-order valence-corrected chi connectivity index (χ0v) is 18.0. The predicted molar refractivity (Wildman–Crippen MR) is 121 cm³/mol. The molecule has 0 fully saturated rings. The number of benzene rings is 3. The lowest BCUT2D eigenvalue weighted by atomic mass is 10.2. The minimum atomic E-state index is -0.397. The highest BCUT2D eigenvalue weighted by molar-refractivity contribution is 5.95. The van der Waals surface area contributed by atoms with Crippen LogP contribution in [-0.4, -0.2) is 25.8 Å². The largest absolute Gasteiger partial charge is 0.493 e. The Balaban J connectivity index is 1.64. The summed E-state index contributed by atoms with van der Waals surface area (Å²) in [5, 5.41) is 4.03. The van der Waals surface area contributed by atoms with Crippen molar-refractivity contribution in [2.24, 2.45) is 5.10 Å². The van der Waals surface area contributed by atoms with Gasteiger partial charge in [-0.05, 0) is 42.8 Å². The monoisotopic (exact) mass is 436 g/mol. The van der Waals surface area contributed by atoms with Gasteiger partial charge in [-0.3, -0.25) is 4.79 Å². The molecule has 3 aromatic rings. The molecule has 0 saturated carbocycles. The molecule has 0 aliphatic carbocycles. The van der Waals surface area contributed by atoms with Gasteiger partial charge in [0.15, 0.2) is 11.5 Å². The predicted octanol–water partition coefficient (Wildman–Crippen LogP) is 4.97. The molecule has 166 valence electrons. The number of hydrogen-bond donors (Lipinski definition) is 1. The first-order valence-electron chi connectivity index (χ1n) is 10.2. The highest BCUT2D eigenvalue weighted by Gasteiger charge is 2.11. The molecule has 0 radical (unpaired) electrons. The molecule has 7 heteroatoms. The van der Waals surface area contributed by atoms with Gasteiger partial charge in [-0.1, -0.05) is 37.3 Å². The summed E-state index contributed by atoms with van der Waals surface area (Å²) in [7, 11) is 1.52. The first-order valence-corrected chi connectivity index (χ1v) is 10.2. The van der Waals surface area contributed by atoms with Crippen LogP contribution in [0.1, 0.15) is 34.8 Å². The lowest BCUT2D eigenvalue weighted by Crippen LogP contribution is -2.17. The topological polar surface area (TPSA) is 69.2 Å².